The molecule has 56 valence electrons. The van der Waals surface area contributed by atoms with Crippen LogP contribution in [0.25, 0.3) is 0 Å². The molecule has 0 radical (unpaired) electrons. The van der Waals surface area contributed by atoms with Crippen molar-refractivity contribution >= 4 is 23.1 Å². The third kappa shape index (κ3) is 4.97. The molecule has 1 aliphatic carbocycles. The maximum atomic E-state index is 2.35. The van der Waals surface area contributed by atoms with E-state index in [-0.39, 0.29) is 40.0 Å². The van der Waals surface area contributed by atoms with Crippen LogP contribution in [0.4, 0.5) is 0 Å². The smallest absolute Gasteiger partial charge is 1.00 e. The molecule has 0 aromatic heterocycles. The van der Waals surface area contributed by atoms with Crippen LogP contribution in [0.3, 0.4) is 0 Å². The van der Waals surface area contributed by atoms with E-state index in [0.717, 1.165) is 5.92 Å². The molecular formula is C8H15BrMg. The van der Waals surface area contributed by atoms with Gasteiger partial charge in [-0.25, -0.2) is 0 Å². The van der Waals surface area contributed by atoms with Gasteiger partial charge in [-0.2, -0.15) is 19.8 Å². The van der Waals surface area contributed by atoms with Crippen molar-refractivity contribution in [3.63, 3.8) is 0 Å². The standard InChI is InChI=1S/C8H15.BrH.Mg/c1-7-4-3-5-8(2)6-7;;/h7H,3-6H2,1-2H3;1H;/q-1;;+2/p-1. The summed E-state index contributed by atoms with van der Waals surface area (Å²) < 4.78 is 0. The molecule has 0 amide bonds. The molecule has 1 fully saturated rings. The molecular weight excluding hydrogens is 200 g/mol. The molecule has 1 aliphatic rings. The Morgan fingerprint density at radius 3 is 2.30 bits per heavy atom. The van der Waals surface area contributed by atoms with E-state index in [1.54, 1.807) is 5.92 Å². The zero-order chi connectivity index (χ0) is 5.98. The van der Waals surface area contributed by atoms with E-state index < -0.39 is 0 Å². The average molecular weight is 215 g/mol. The fraction of sp³-hybridized carbons (Fsp3) is 0.875. The summed E-state index contributed by atoms with van der Waals surface area (Å²) in [5.41, 5.74) is 0. The van der Waals surface area contributed by atoms with Crippen molar-refractivity contribution in [1.29, 1.82) is 0 Å². The summed E-state index contributed by atoms with van der Waals surface area (Å²) >= 11 is 0. The maximum absolute atomic E-state index is 2.35. The number of hydrogen-bond acceptors (Lipinski definition) is 0. The molecule has 1 saturated carbocycles. The summed E-state index contributed by atoms with van der Waals surface area (Å²) in [6, 6.07) is 0. The molecule has 2 heteroatoms. The van der Waals surface area contributed by atoms with E-state index in [1.165, 1.54) is 25.7 Å². The van der Waals surface area contributed by atoms with Gasteiger partial charge in [-0.15, -0.1) is 0 Å². The third-order valence-electron chi connectivity index (χ3n) is 2.00. The molecule has 0 aromatic carbocycles. The molecule has 0 saturated heterocycles. The fourth-order valence-electron chi connectivity index (χ4n) is 1.55. The van der Waals surface area contributed by atoms with Crippen molar-refractivity contribution in [2.24, 2.45) is 5.92 Å². The Kier molecular flexibility index (Phi) is 9.57. The summed E-state index contributed by atoms with van der Waals surface area (Å²) in [5, 5.41) is 0. The Balaban J connectivity index is 0. The van der Waals surface area contributed by atoms with Crippen LogP contribution in [0.5, 0.6) is 0 Å². The summed E-state index contributed by atoms with van der Waals surface area (Å²) in [7, 11) is 0. The normalized spacial score (nSPS) is 26.4. The van der Waals surface area contributed by atoms with E-state index in [9.17, 15) is 0 Å². The summed E-state index contributed by atoms with van der Waals surface area (Å²) in [6.45, 7) is 4.64. The molecule has 0 spiro atoms. The quantitative estimate of drug-likeness (QED) is 0.374. The third-order valence-corrected chi connectivity index (χ3v) is 2.00. The van der Waals surface area contributed by atoms with Crippen molar-refractivity contribution in [2.45, 2.75) is 39.5 Å². The van der Waals surface area contributed by atoms with E-state index in [4.69, 9.17) is 0 Å². The van der Waals surface area contributed by atoms with Crippen LogP contribution in [-0.2, 0) is 0 Å². The van der Waals surface area contributed by atoms with Gasteiger partial charge in [-0.3, -0.25) is 0 Å². The van der Waals surface area contributed by atoms with Gasteiger partial charge in [0.1, 0.15) is 0 Å². The van der Waals surface area contributed by atoms with Crippen LogP contribution >= 0.6 is 0 Å². The Bertz CT molecular complexity index is 67.7. The van der Waals surface area contributed by atoms with E-state index in [1.807, 2.05) is 0 Å². The van der Waals surface area contributed by atoms with Crippen molar-refractivity contribution in [3.8, 4) is 0 Å². The molecule has 0 aromatic rings. The van der Waals surface area contributed by atoms with Crippen LogP contribution in [0.2, 0.25) is 0 Å². The molecule has 0 bridgehead atoms. The minimum absolute atomic E-state index is 0. The minimum Gasteiger partial charge on any atom is -1.00 e. The van der Waals surface area contributed by atoms with Gasteiger partial charge in [0.2, 0.25) is 0 Å². The Morgan fingerprint density at radius 2 is 2.00 bits per heavy atom. The van der Waals surface area contributed by atoms with Gasteiger partial charge in [-0.05, 0) is 0 Å². The molecule has 1 atom stereocenters. The monoisotopic (exact) mass is 214 g/mol. The van der Waals surface area contributed by atoms with Crippen LogP contribution < -0.4 is 17.0 Å². The summed E-state index contributed by atoms with van der Waals surface area (Å²) in [6.07, 6.45) is 5.68. The fourth-order valence-corrected chi connectivity index (χ4v) is 1.55. The Labute approximate surface area is 91.1 Å². The van der Waals surface area contributed by atoms with Gasteiger partial charge in [-0.1, -0.05) is 25.7 Å². The van der Waals surface area contributed by atoms with Gasteiger partial charge < -0.3 is 22.9 Å². The number of rotatable bonds is 0. The first-order chi connectivity index (χ1) is 3.79. The first kappa shape index (κ1) is 13.8. The molecule has 1 rings (SSSR count). The Hall–Kier alpha value is 1.25. The van der Waals surface area contributed by atoms with Crippen molar-refractivity contribution in [2.75, 3.05) is 0 Å². The number of halogens is 1. The SMILES string of the molecule is C[C-]1CCCC(C)C1.[Br-].[Mg+2]. The molecule has 0 nitrogen and oxygen atoms in total. The second-order valence-corrected chi connectivity index (χ2v) is 3.16. The van der Waals surface area contributed by atoms with E-state index >= 15 is 0 Å². The second kappa shape index (κ2) is 6.93. The molecule has 0 aliphatic heterocycles. The first-order valence-electron chi connectivity index (χ1n) is 3.60. The van der Waals surface area contributed by atoms with Crippen LogP contribution in [-0.4, -0.2) is 23.1 Å². The van der Waals surface area contributed by atoms with Gasteiger partial charge >= 0.3 is 23.1 Å². The summed E-state index contributed by atoms with van der Waals surface area (Å²) in [5.74, 6) is 2.69. The zero-order valence-electron chi connectivity index (χ0n) is 6.99. The predicted molar refractivity (Wildman–Crippen MR) is 42.3 cm³/mol. The minimum atomic E-state index is 0. The van der Waals surface area contributed by atoms with Crippen molar-refractivity contribution in [1.82, 2.24) is 0 Å². The predicted octanol–water partition coefficient (Wildman–Crippen LogP) is -0.586. The largest absolute Gasteiger partial charge is 2.00 e. The molecule has 0 heterocycles. The molecule has 1 unspecified atom stereocenters. The van der Waals surface area contributed by atoms with E-state index in [0.29, 0.717) is 0 Å². The maximum Gasteiger partial charge on any atom is 2.00 e. The number of hydrogen-bond donors (Lipinski definition) is 0. The first-order valence-corrected chi connectivity index (χ1v) is 3.60. The second-order valence-electron chi connectivity index (χ2n) is 3.16. The van der Waals surface area contributed by atoms with Gasteiger partial charge in [0.05, 0.1) is 0 Å². The van der Waals surface area contributed by atoms with Gasteiger partial charge in [0, 0.05) is 0 Å². The topological polar surface area (TPSA) is 0 Å². The zero-order valence-corrected chi connectivity index (χ0v) is 9.99. The van der Waals surface area contributed by atoms with Crippen LogP contribution in [0.1, 0.15) is 39.5 Å². The van der Waals surface area contributed by atoms with Gasteiger partial charge in [0.15, 0.2) is 0 Å². The average Bonchev–Trinajstić information content (AvgIpc) is 1.64. The van der Waals surface area contributed by atoms with Crippen LogP contribution in [0, 0.1) is 11.8 Å². The van der Waals surface area contributed by atoms with Crippen LogP contribution in [0.15, 0.2) is 0 Å². The van der Waals surface area contributed by atoms with Crippen molar-refractivity contribution in [3.05, 3.63) is 5.92 Å². The molecule has 0 N–H and O–H groups in total. The Morgan fingerprint density at radius 1 is 1.40 bits per heavy atom. The van der Waals surface area contributed by atoms with Gasteiger partial charge in [0.25, 0.3) is 0 Å². The van der Waals surface area contributed by atoms with E-state index in [2.05, 4.69) is 13.8 Å². The molecule has 10 heavy (non-hydrogen) atoms. The summed E-state index contributed by atoms with van der Waals surface area (Å²) in [4.78, 5) is 0. The van der Waals surface area contributed by atoms with Crippen molar-refractivity contribution < 1.29 is 17.0 Å².